The van der Waals surface area contributed by atoms with Gasteiger partial charge < -0.3 is 14.2 Å². The van der Waals surface area contributed by atoms with E-state index in [0.717, 1.165) is 32.1 Å². The van der Waals surface area contributed by atoms with Crippen LogP contribution in [0.25, 0.3) is 0 Å². The Labute approximate surface area is 160 Å². The van der Waals surface area contributed by atoms with Crippen molar-refractivity contribution in [1.29, 1.82) is 0 Å². The van der Waals surface area contributed by atoms with Crippen LogP contribution in [0.1, 0.15) is 64.7 Å². The Morgan fingerprint density at radius 3 is 1.77 bits per heavy atom. The third-order valence-corrected chi connectivity index (χ3v) is 5.05. The summed E-state index contributed by atoms with van der Waals surface area (Å²) in [6.07, 6.45) is 9.57. The minimum atomic E-state index is -3.35. The van der Waals surface area contributed by atoms with Crippen LogP contribution in [-0.2, 0) is 24.4 Å². The van der Waals surface area contributed by atoms with Crippen LogP contribution in [0.2, 0.25) is 0 Å². The third kappa shape index (κ3) is 20.1. The SMILES string of the molecule is CCCCCCCCNS(=O)(=O)NCCCCCOCCOCCOC. The van der Waals surface area contributed by atoms with Crippen LogP contribution in [0.15, 0.2) is 0 Å². The molecule has 0 aromatic carbocycles. The van der Waals surface area contributed by atoms with Gasteiger partial charge in [0.15, 0.2) is 0 Å². The molecule has 0 fully saturated rings. The highest BCUT2D eigenvalue weighted by Gasteiger charge is 2.07. The first-order chi connectivity index (χ1) is 12.6. The van der Waals surface area contributed by atoms with Crippen LogP contribution in [0, 0.1) is 0 Å². The van der Waals surface area contributed by atoms with Crippen LogP contribution in [0.3, 0.4) is 0 Å². The normalized spacial score (nSPS) is 11.9. The largest absolute Gasteiger partial charge is 0.382 e. The monoisotopic (exact) mass is 396 g/mol. The summed E-state index contributed by atoms with van der Waals surface area (Å²) < 4.78 is 44.4. The molecule has 0 rings (SSSR count). The highest BCUT2D eigenvalue weighted by atomic mass is 32.2. The van der Waals surface area contributed by atoms with E-state index in [9.17, 15) is 8.42 Å². The molecular weight excluding hydrogens is 356 g/mol. The minimum absolute atomic E-state index is 0.464. The molecule has 0 bridgehead atoms. The van der Waals surface area contributed by atoms with E-state index in [1.807, 2.05) is 0 Å². The van der Waals surface area contributed by atoms with Crippen molar-refractivity contribution in [3.05, 3.63) is 0 Å². The van der Waals surface area contributed by atoms with Gasteiger partial charge in [0, 0.05) is 26.8 Å². The van der Waals surface area contributed by atoms with E-state index in [1.54, 1.807) is 7.11 Å². The lowest BCUT2D eigenvalue weighted by Crippen LogP contribution is -2.37. The zero-order valence-electron chi connectivity index (χ0n) is 16.8. The van der Waals surface area contributed by atoms with Crippen molar-refractivity contribution in [2.75, 3.05) is 53.2 Å². The summed E-state index contributed by atoms with van der Waals surface area (Å²) in [5.74, 6) is 0. The highest BCUT2D eigenvalue weighted by molar-refractivity contribution is 7.87. The summed E-state index contributed by atoms with van der Waals surface area (Å²) in [7, 11) is -1.71. The fourth-order valence-corrected chi connectivity index (χ4v) is 3.27. The van der Waals surface area contributed by atoms with E-state index in [2.05, 4.69) is 16.4 Å². The van der Waals surface area contributed by atoms with E-state index in [1.165, 1.54) is 25.7 Å². The molecule has 26 heavy (non-hydrogen) atoms. The van der Waals surface area contributed by atoms with Crippen LogP contribution in [-0.4, -0.2) is 61.7 Å². The number of hydrogen-bond donors (Lipinski definition) is 2. The van der Waals surface area contributed by atoms with Crippen molar-refractivity contribution in [1.82, 2.24) is 9.44 Å². The van der Waals surface area contributed by atoms with Crippen molar-refractivity contribution in [2.45, 2.75) is 64.7 Å². The first-order valence-electron chi connectivity index (χ1n) is 10.0. The van der Waals surface area contributed by atoms with Gasteiger partial charge in [-0.3, -0.25) is 0 Å². The van der Waals surface area contributed by atoms with Gasteiger partial charge in [0.2, 0.25) is 0 Å². The summed E-state index contributed by atoms with van der Waals surface area (Å²) in [5, 5.41) is 0. The fourth-order valence-electron chi connectivity index (χ4n) is 2.34. The molecule has 0 aliphatic carbocycles. The second kappa shape index (κ2) is 19.5. The van der Waals surface area contributed by atoms with Crippen molar-refractivity contribution in [3.63, 3.8) is 0 Å². The van der Waals surface area contributed by atoms with Crippen molar-refractivity contribution in [2.24, 2.45) is 0 Å². The molecule has 0 heterocycles. The van der Waals surface area contributed by atoms with E-state index in [4.69, 9.17) is 14.2 Å². The predicted octanol–water partition coefficient (Wildman–Crippen LogP) is 2.62. The van der Waals surface area contributed by atoms with Gasteiger partial charge in [-0.1, -0.05) is 39.0 Å². The average Bonchev–Trinajstić information content (AvgIpc) is 2.62. The summed E-state index contributed by atoms with van der Waals surface area (Å²) in [4.78, 5) is 0. The molecule has 0 aromatic heterocycles. The van der Waals surface area contributed by atoms with Crippen molar-refractivity contribution in [3.8, 4) is 0 Å². The second-order valence-corrected chi connectivity index (χ2v) is 7.92. The number of unbranched alkanes of at least 4 members (excludes halogenated alkanes) is 7. The lowest BCUT2D eigenvalue weighted by molar-refractivity contribution is 0.0240. The highest BCUT2D eigenvalue weighted by Crippen LogP contribution is 2.04. The molecule has 0 atom stereocenters. The molecule has 0 radical (unpaired) electrons. The number of nitrogens with one attached hydrogen (secondary N) is 2. The van der Waals surface area contributed by atoms with Gasteiger partial charge in [0.1, 0.15) is 0 Å². The molecule has 0 aliphatic rings. The van der Waals surface area contributed by atoms with Crippen molar-refractivity contribution >= 4 is 10.2 Å². The maximum atomic E-state index is 11.8. The summed E-state index contributed by atoms with van der Waals surface area (Å²) in [6, 6.07) is 0. The quantitative estimate of drug-likeness (QED) is 0.291. The standard InChI is InChI=1S/C18H40N2O5S/c1-3-4-5-6-7-9-12-19-26(21,22)20-13-10-8-11-14-24-17-18-25-16-15-23-2/h19-20H,3-18H2,1-2H3. The summed E-state index contributed by atoms with van der Waals surface area (Å²) >= 11 is 0. The molecule has 0 saturated heterocycles. The number of ether oxygens (including phenoxy) is 3. The van der Waals surface area contributed by atoms with Gasteiger partial charge in [-0.05, 0) is 25.7 Å². The van der Waals surface area contributed by atoms with Gasteiger partial charge in [0.25, 0.3) is 10.2 Å². The first-order valence-corrected chi connectivity index (χ1v) is 11.5. The molecule has 7 nitrogen and oxygen atoms in total. The lowest BCUT2D eigenvalue weighted by Gasteiger charge is -2.08. The van der Waals surface area contributed by atoms with Crippen LogP contribution in [0.4, 0.5) is 0 Å². The Hall–Kier alpha value is -0.250. The fraction of sp³-hybridized carbons (Fsp3) is 1.00. The number of methoxy groups -OCH3 is 1. The minimum Gasteiger partial charge on any atom is -0.382 e. The van der Waals surface area contributed by atoms with Gasteiger partial charge in [0.05, 0.1) is 26.4 Å². The molecule has 8 heteroatoms. The van der Waals surface area contributed by atoms with E-state index >= 15 is 0 Å². The van der Waals surface area contributed by atoms with Crippen LogP contribution in [0.5, 0.6) is 0 Å². The smallest absolute Gasteiger partial charge is 0.276 e. The van der Waals surface area contributed by atoms with E-state index < -0.39 is 10.2 Å². The molecule has 0 amide bonds. The zero-order valence-corrected chi connectivity index (χ0v) is 17.6. The molecule has 158 valence electrons. The average molecular weight is 397 g/mol. The van der Waals surface area contributed by atoms with E-state index in [0.29, 0.717) is 46.1 Å². The number of hydrogen-bond acceptors (Lipinski definition) is 5. The molecule has 0 aromatic rings. The summed E-state index contributed by atoms with van der Waals surface area (Å²) in [6.45, 7) is 6.20. The Balaban J connectivity index is 3.32. The molecular formula is C18H40N2O5S. The van der Waals surface area contributed by atoms with Gasteiger partial charge in [-0.25, -0.2) is 9.44 Å². The van der Waals surface area contributed by atoms with Gasteiger partial charge >= 0.3 is 0 Å². The van der Waals surface area contributed by atoms with Crippen LogP contribution < -0.4 is 9.44 Å². The van der Waals surface area contributed by atoms with E-state index in [-0.39, 0.29) is 0 Å². The summed E-state index contributed by atoms with van der Waals surface area (Å²) in [5.41, 5.74) is 0. The van der Waals surface area contributed by atoms with Crippen LogP contribution >= 0.6 is 0 Å². The Bertz CT molecular complexity index is 380. The predicted molar refractivity (Wildman–Crippen MR) is 106 cm³/mol. The maximum Gasteiger partial charge on any atom is 0.276 e. The Kier molecular flexibility index (Phi) is 19.3. The molecule has 2 N–H and O–H groups in total. The molecule has 0 spiro atoms. The zero-order chi connectivity index (χ0) is 19.3. The maximum absolute atomic E-state index is 11.8. The topological polar surface area (TPSA) is 85.9 Å². The number of rotatable bonds is 21. The molecule has 0 saturated carbocycles. The second-order valence-electron chi connectivity index (χ2n) is 6.34. The van der Waals surface area contributed by atoms with Crippen molar-refractivity contribution < 1.29 is 22.6 Å². The molecule has 0 aliphatic heterocycles. The third-order valence-electron chi connectivity index (χ3n) is 3.88. The Morgan fingerprint density at radius 1 is 0.654 bits per heavy atom. The Morgan fingerprint density at radius 2 is 1.15 bits per heavy atom. The van der Waals surface area contributed by atoms with Gasteiger partial charge in [-0.15, -0.1) is 0 Å². The van der Waals surface area contributed by atoms with Gasteiger partial charge in [-0.2, -0.15) is 8.42 Å². The lowest BCUT2D eigenvalue weighted by atomic mass is 10.1. The molecule has 0 unspecified atom stereocenters. The first kappa shape index (κ1) is 25.8.